The van der Waals surface area contributed by atoms with E-state index in [0.717, 1.165) is 0 Å². The van der Waals surface area contributed by atoms with E-state index in [1.165, 1.54) is 0 Å². The highest BCUT2D eigenvalue weighted by atomic mass is 19.2. The van der Waals surface area contributed by atoms with E-state index in [9.17, 15) is 22.8 Å². The van der Waals surface area contributed by atoms with E-state index in [0.29, 0.717) is 25.0 Å². The van der Waals surface area contributed by atoms with Gasteiger partial charge in [-0.2, -0.15) is 0 Å². The van der Waals surface area contributed by atoms with Crippen LogP contribution >= 0.6 is 0 Å². The van der Waals surface area contributed by atoms with Gasteiger partial charge in [-0.3, -0.25) is 4.79 Å². The Morgan fingerprint density at radius 3 is 2.43 bits per heavy atom. The van der Waals surface area contributed by atoms with Gasteiger partial charge >= 0.3 is 12.0 Å². The van der Waals surface area contributed by atoms with Crippen LogP contribution in [0, 0.1) is 17.5 Å². The number of rotatable bonds is 6. The molecule has 0 aliphatic heterocycles. The second-order valence-electron chi connectivity index (χ2n) is 4.53. The van der Waals surface area contributed by atoms with Gasteiger partial charge in [0.15, 0.2) is 11.6 Å². The van der Waals surface area contributed by atoms with Crippen LogP contribution in [0.2, 0.25) is 0 Å². The molecule has 0 aliphatic carbocycles. The van der Waals surface area contributed by atoms with Crippen molar-refractivity contribution in [3.8, 4) is 0 Å². The molecule has 1 aromatic carbocycles. The summed E-state index contributed by atoms with van der Waals surface area (Å²) in [4.78, 5) is 21.9. The fourth-order valence-corrected chi connectivity index (χ4v) is 1.63. The largest absolute Gasteiger partial charge is 0.481 e. The van der Waals surface area contributed by atoms with Crippen molar-refractivity contribution in [3.05, 3.63) is 29.6 Å². The van der Waals surface area contributed by atoms with Gasteiger partial charge in [0, 0.05) is 24.6 Å². The van der Waals surface area contributed by atoms with Crippen molar-refractivity contribution in [2.75, 3.05) is 5.32 Å². The van der Waals surface area contributed by atoms with E-state index in [4.69, 9.17) is 5.11 Å². The van der Waals surface area contributed by atoms with Gasteiger partial charge in [-0.25, -0.2) is 18.0 Å². The molecule has 0 heterocycles. The molecule has 3 N–H and O–H groups in total. The number of benzene rings is 1. The zero-order valence-electron chi connectivity index (χ0n) is 11.3. The molecule has 21 heavy (non-hydrogen) atoms. The van der Waals surface area contributed by atoms with Crippen LogP contribution in [0.4, 0.5) is 23.7 Å². The summed E-state index contributed by atoms with van der Waals surface area (Å²) in [5, 5.41) is 13.0. The fourth-order valence-electron chi connectivity index (χ4n) is 1.63. The lowest BCUT2D eigenvalue weighted by Crippen LogP contribution is -2.36. The standard InChI is InChI=1S/C13H15F3N2O3/c1-7(3-2-4-12(19)20)17-13(21)18-11-6-9(15)8(14)5-10(11)16/h5-7H,2-4H2,1H3,(H,19,20)(H2,17,18,21). The Hall–Kier alpha value is -2.25. The number of halogens is 3. The molecule has 1 unspecified atom stereocenters. The predicted octanol–water partition coefficient (Wildman–Crippen LogP) is 2.87. The maximum Gasteiger partial charge on any atom is 0.319 e. The number of amides is 2. The van der Waals surface area contributed by atoms with E-state index in [2.05, 4.69) is 10.6 Å². The Balaban J connectivity index is 2.50. The SMILES string of the molecule is CC(CCCC(=O)O)NC(=O)Nc1cc(F)c(F)cc1F. The summed E-state index contributed by atoms with van der Waals surface area (Å²) in [5.41, 5.74) is -0.482. The Kier molecular flexibility index (Phi) is 6.01. The molecule has 5 nitrogen and oxygen atoms in total. The maximum atomic E-state index is 13.3. The molecule has 0 bridgehead atoms. The van der Waals surface area contributed by atoms with Gasteiger partial charge in [-0.1, -0.05) is 0 Å². The summed E-state index contributed by atoms with van der Waals surface area (Å²) < 4.78 is 39.0. The quantitative estimate of drug-likeness (QED) is 0.707. The van der Waals surface area contributed by atoms with Gasteiger partial charge in [-0.05, 0) is 19.8 Å². The van der Waals surface area contributed by atoms with E-state index >= 15 is 0 Å². The third-order valence-electron chi connectivity index (χ3n) is 2.66. The van der Waals surface area contributed by atoms with Crippen molar-refractivity contribution in [2.24, 2.45) is 0 Å². The summed E-state index contributed by atoms with van der Waals surface area (Å²) in [5.74, 6) is -4.65. The number of nitrogens with one attached hydrogen (secondary N) is 2. The summed E-state index contributed by atoms with van der Waals surface area (Å²) in [6, 6.07) is -0.263. The number of hydrogen-bond acceptors (Lipinski definition) is 2. The van der Waals surface area contributed by atoms with Crippen molar-refractivity contribution in [3.63, 3.8) is 0 Å². The third-order valence-corrected chi connectivity index (χ3v) is 2.66. The highest BCUT2D eigenvalue weighted by Gasteiger charge is 2.13. The normalized spacial score (nSPS) is 11.8. The summed E-state index contributed by atoms with van der Waals surface area (Å²) in [7, 11) is 0. The second-order valence-corrected chi connectivity index (χ2v) is 4.53. The van der Waals surface area contributed by atoms with Crippen molar-refractivity contribution < 1.29 is 27.9 Å². The van der Waals surface area contributed by atoms with Crippen LogP contribution in [0.1, 0.15) is 26.2 Å². The zero-order chi connectivity index (χ0) is 16.0. The summed E-state index contributed by atoms with van der Waals surface area (Å²) in [6.45, 7) is 1.64. The van der Waals surface area contributed by atoms with E-state index in [1.54, 1.807) is 6.92 Å². The average Bonchev–Trinajstić information content (AvgIpc) is 2.35. The van der Waals surface area contributed by atoms with E-state index in [1.807, 2.05) is 0 Å². The molecule has 1 atom stereocenters. The first-order chi connectivity index (χ1) is 9.79. The Morgan fingerprint density at radius 2 is 1.81 bits per heavy atom. The first-order valence-electron chi connectivity index (χ1n) is 6.23. The van der Waals surface area contributed by atoms with Crippen molar-refractivity contribution >= 4 is 17.7 Å². The molecule has 0 saturated carbocycles. The van der Waals surface area contributed by atoms with Gasteiger partial charge in [-0.15, -0.1) is 0 Å². The number of anilines is 1. The molecule has 1 rings (SSSR count). The summed E-state index contributed by atoms with van der Waals surface area (Å²) in [6.07, 6.45) is 0.766. The molecule has 0 aliphatic rings. The van der Waals surface area contributed by atoms with Crippen molar-refractivity contribution in [1.82, 2.24) is 5.32 Å². The minimum Gasteiger partial charge on any atom is -0.481 e. The van der Waals surface area contributed by atoms with E-state index in [-0.39, 0.29) is 12.5 Å². The van der Waals surface area contributed by atoms with Crippen LogP contribution in [0.15, 0.2) is 12.1 Å². The van der Waals surface area contributed by atoms with Gasteiger partial charge < -0.3 is 15.7 Å². The minimum absolute atomic E-state index is 0.0224. The molecule has 0 fully saturated rings. The van der Waals surface area contributed by atoms with Crippen LogP contribution in [0.25, 0.3) is 0 Å². The number of carbonyl (C=O) groups is 2. The molecular formula is C13H15F3N2O3. The summed E-state index contributed by atoms with van der Waals surface area (Å²) >= 11 is 0. The van der Waals surface area contributed by atoms with Gasteiger partial charge in [0.05, 0.1) is 5.69 Å². The smallest absolute Gasteiger partial charge is 0.319 e. The zero-order valence-corrected chi connectivity index (χ0v) is 11.3. The van der Waals surface area contributed by atoms with Crippen LogP contribution < -0.4 is 10.6 Å². The van der Waals surface area contributed by atoms with Crippen LogP contribution in [0.3, 0.4) is 0 Å². The molecule has 0 saturated heterocycles. The lowest BCUT2D eigenvalue weighted by molar-refractivity contribution is -0.137. The minimum atomic E-state index is -1.35. The Bertz CT molecular complexity index is 538. The lowest BCUT2D eigenvalue weighted by Gasteiger charge is -2.14. The van der Waals surface area contributed by atoms with Crippen LogP contribution in [0.5, 0.6) is 0 Å². The molecule has 8 heteroatoms. The second kappa shape index (κ2) is 7.51. The molecule has 116 valence electrons. The third kappa shape index (κ3) is 5.72. The Morgan fingerprint density at radius 1 is 1.19 bits per heavy atom. The number of aliphatic carboxylic acids is 1. The van der Waals surface area contributed by atoms with Gasteiger partial charge in [0.1, 0.15) is 5.82 Å². The molecule has 1 aromatic rings. The van der Waals surface area contributed by atoms with Crippen LogP contribution in [-0.4, -0.2) is 23.1 Å². The average molecular weight is 304 g/mol. The predicted molar refractivity (Wildman–Crippen MR) is 69.4 cm³/mol. The lowest BCUT2D eigenvalue weighted by atomic mass is 10.1. The highest BCUT2D eigenvalue weighted by Crippen LogP contribution is 2.18. The maximum absolute atomic E-state index is 13.3. The van der Waals surface area contributed by atoms with Gasteiger partial charge in [0.2, 0.25) is 0 Å². The number of carbonyl (C=O) groups excluding carboxylic acids is 1. The van der Waals surface area contributed by atoms with E-state index < -0.39 is 35.1 Å². The first-order valence-corrected chi connectivity index (χ1v) is 6.23. The number of urea groups is 1. The molecular weight excluding hydrogens is 289 g/mol. The fraction of sp³-hybridized carbons (Fsp3) is 0.385. The van der Waals surface area contributed by atoms with Crippen molar-refractivity contribution in [1.29, 1.82) is 0 Å². The molecule has 0 radical (unpaired) electrons. The van der Waals surface area contributed by atoms with Crippen LogP contribution in [-0.2, 0) is 4.79 Å². The molecule has 0 spiro atoms. The van der Waals surface area contributed by atoms with Crippen molar-refractivity contribution in [2.45, 2.75) is 32.2 Å². The molecule has 0 aromatic heterocycles. The number of carboxylic acids is 1. The highest BCUT2D eigenvalue weighted by molar-refractivity contribution is 5.89. The number of carboxylic acid groups (broad SMARTS) is 1. The molecule has 2 amide bonds. The monoisotopic (exact) mass is 304 g/mol. The topological polar surface area (TPSA) is 78.4 Å². The first kappa shape index (κ1) is 16.8. The number of hydrogen-bond donors (Lipinski definition) is 3. The Labute approximate surface area is 119 Å². The van der Waals surface area contributed by atoms with Gasteiger partial charge in [0.25, 0.3) is 0 Å².